The van der Waals surface area contributed by atoms with Gasteiger partial charge in [0.25, 0.3) is 0 Å². The Labute approximate surface area is 95.7 Å². The molecule has 1 saturated heterocycles. The molecular weight excluding hydrogens is 228 g/mol. The maximum atomic E-state index is 11.6. The molecule has 1 amide bonds. The molecule has 1 aliphatic heterocycles. The highest BCUT2D eigenvalue weighted by Crippen LogP contribution is 2.13. The van der Waals surface area contributed by atoms with Crippen LogP contribution in [0.3, 0.4) is 0 Å². The first kappa shape index (κ1) is 13.0. The third-order valence-electron chi connectivity index (χ3n) is 2.63. The van der Waals surface area contributed by atoms with Crippen molar-refractivity contribution in [2.45, 2.75) is 32.2 Å². The molecule has 1 heterocycles. The molecule has 6 heteroatoms. The summed E-state index contributed by atoms with van der Waals surface area (Å²) < 4.78 is 22.3. The van der Waals surface area contributed by atoms with Crippen molar-refractivity contribution < 1.29 is 13.2 Å². The summed E-state index contributed by atoms with van der Waals surface area (Å²) in [5.74, 6) is -0.869. The average molecular weight is 244 g/mol. The van der Waals surface area contributed by atoms with E-state index in [1.807, 2.05) is 13.0 Å². The molecule has 1 aliphatic rings. The fourth-order valence-electron chi connectivity index (χ4n) is 1.75. The number of amides is 1. The van der Waals surface area contributed by atoms with Gasteiger partial charge in [0.05, 0.1) is 17.6 Å². The van der Waals surface area contributed by atoms with Gasteiger partial charge in [-0.2, -0.15) is 5.26 Å². The summed E-state index contributed by atoms with van der Waals surface area (Å²) in [6, 6.07) is 1.62. The summed E-state index contributed by atoms with van der Waals surface area (Å²) >= 11 is 0. The number of sulfone groups is 1. The molecule has 1 rings (SSSR count). The number of carbonyl (C=O) groups is 1. The number of nitrogens with one attached hydrogen (secondary N) is 1. The van der Waals surface area contributed by atoms with Gasteiger partial charge in [-0.25, -0.2) is 8.42 Å². The second kappa shape index (κ2) is 5.30. The molecule has 0 bridgehead atoms. The van der Waals surface area contributed by atoms with Crippen LogP contribution in [0.1, 0.15) is 26.2 Å². The molecule has 2 atom stereocenters. The Balaban J connectivity index is 2.49. The predicted octanol–water partition coefficient (Wildman–Crippen LogP) is 0.230. The van der Waals surface area contributed by atoms with E-state index >= 15 is 0 Å². The monoisotopic (exact) mass is 244 g/mol. The van der Waals surface area contributed by atoms with Crippen LogP contribution in [0.15, 0.2) is 0 Å². The minimum Gasteiger partial charge on any atom is -0.351 e. The molecule has 0 saturated carbocycles. The van der Waals surface area contributed by atoms with Crippen LogP contribution in [0, 0.1) is 17.2 Å². The van der Waals surface area contributed by atoms with Crippen LogP contribution in [0.5, 0.6) is 0 Å². The van der Waals surface area contributed by atoms with Crippen LogP contribution >= 0.6 is 0 Å². The van der Waals surface area contributed by atoms with Crippen LogP contribution in [-0.4, -0.2) is 31.9 Å². The smallest absolute Gasteiger partial charge is 0.237 e. The molecule has 0 aromatic heterocycles. The Kier molecular flexibility index (Phi) is 4.30. The second-order valence-electron chi connectivity index (χ2n) is 4.08. The van der Waals surface area contributed by atoms with Gasteiger partial charge in [-0.1, -0.05) is 13.3 Å². The molecule has 0 aliphatic carbocycles. The second-order valence-corrected chi connectivity index (χ2v) is 6.31. The zero-order valence-corrected chi connectivity index (χ0v) is 10.1. The standard InChI is InChI=1S/C10H16N2O3S/c1-2-3-8(6-11)10(13)12-9-4-5-16(14,15)7-9/h8-9H,2-5,7H2,1H3,(H,12,13). The Hall–Kier alpha value is -1.09. The number of hydrogen-bond acceptors (Lipinski definition) is 4. The van der Waals surface area contributed by atoms with Crippen molar-refractivity contribution in [1.29, 1.82) is 5.26 Å². The average Bonchev–Trinajstić information content (AvgIpc) is 2.54. The predicted molar refractivity (Wildman–Crippen MR) is 59.2 cm³/mol. The van der Waals surface area contributed by atoms with E-state index in [4.69, 9.17) is 5.26 Å². The molecule has 90 valence electrons. The van der Waals surface area contributed by atoms with Gasteiger partial charge in [0.1, 0.15) is 5.92 Å². The maximum absolute atomic E-state index is 11.6. The number of carbonyl (C=O) groups excluding carboxylic acids is 1. The quantitative estimate of drug-likeness (QED) is 0.767. The highest BCUT2D eigenvalue weighted by atomic mass is 32.2. The lowest BCUT2D eigenvalue weighted by molar-refractivity contribution is -0.124. The van der Waals surface area contributed by atoms with Crippen molar-refractivity contribution in [3.05, 3.63) is 0 Å². The van der Waals surface area contributed by atoms with Gasteiger partial charge in [0.2, 0.25) is 5.91 Å². The summed E-state index contributed by atoms with van der Waals surface area (Å²) in [6.07, 6.45) is 1.73. The van der Waals surface area contributed by atoms with Gasteiger partial charge in [0.15, 0.2) is 9.84 Å². The van der Waals surface area contributed by atoms with Crippen LogP contribution in [0.4, 0.5) is 0 Å². The SMILES string of the molecule is CCCC(C#N)C(=O)NC1CCS(=O)(=O)C1. The van der Waals surface area contributed by atoms with E-state index in [0.29, 0.717) is 12.8 Å². The minimum absolute atomic E-state index is 0.00299. The van der Waals surface area contributed by atoms with Crippen molar-refractivity contribution in [2.24, 2.45) is 5.92 Å². The van der Waals surface area contributed by atoms with E-state index in [1.54, 1.807) is 0 Å². The molecule has 16 heavy (non-hydrogen) atoms. The minimum atomic E-state index is -2.98. The fourth-order valence-corrected chi connectivity index (χ4v) is 3.43. The molecule has 0 spiro atoms. The first-order valence-corrected chi connectivity index (χ1v) is 7.21. The van der Waals surface area contributed by atoms with Crippen LogP contribution in [0.25, 0.3) is 0 Å². The van der Waals surface area contributed by atoms with Gasteiger partial charge in [-0.3, -0.25) is 4.79 Å². The lowest BCUT2D eigenvalue weighted by Crippen LogP contribution is -2.39. The van der Waals surface area contributed by atoms with Crippen LogP contribution in [-0.2, 0) is 14.6 Å². The number of rotatable bonds is 4. The lowest BCUT2D eigenvalue weighted by atomic mass is 10.0. The zero-order chi connectivity index (χ0) is 12.2. The highest BCUT2D eigenvalue weighted by Gasteiger charge is 2.30. The van der Waals surface area contributed by atoms with Gasteiger partial charge in [-0.05, 0) is 12.8 Å². The van der Waals surface area contributed by atoms with E-state index in [-0.39, 0.29) is 23.5 Å². The highest BCUT2D eigenvalue weighted by molar-refractivity contribution is 7.91. The Morgan fingerprint density at radius 3 is 2.75 bits per heavy atom. The molecule has 1 fully saturated rings. The van der Waals surface area contributed by atoms with E-state index in [1.165, 1.54) is 0 Å². The van der Waals surface area contributed by atoms with Gasteiger partial charge >= 0.3 is 0 Å². The molecule has 0 aromatic carbocycles. The van der Waals surface area contributed by atoms with Crippen molar-refractivity contribution >= 4 is 15.7 Å². The van der Waals surface area contributed by atoms with Gasteiger partial charge < -0.3 is 5.32 Å². The van der Waals surface area contributed by atoms with E-state index in [9.17, 15) is 13.2 Å². The summed E-state index contributed by atoms with van der Waals surface area (Å²) in [4.78, 5) is 11.6. The van der Waals surface area contributed by atoms with E-state index < -0.39 is 15.8 Å². The maximum Gasteiger partial charge on any atom is 0.237 e. The Morgan fingerprint density at radius 2 is 2.31 bits per heavy atom. The van der Waals surface area contributed by atoms with Crippen molar-refractivity contribution in [3.63, 3.8) is 0 Å². The fraction of sp³-hybridized carbons (Fsp3) is 0.800. The zero-order valence-electron chi connectivity index (χ0n) is 9.27. The van der Waals surface area contributed by atoms with Gasteiger partial charge in [-0.15, -0.1) is 0 Å². The van der Waals surface area contributed by atoms with Crippen LogP contribution in [0.2, 0.25) is 0 Å². The van der Waals surface area contributed by atoms with Crippen molar-refractivity contribution in [3.8, 4) is 6.07 Å². The number of nitrogens with zero attached hydrogens (tertiary/aromatic N) is 1. The van der Waals surface area contributed by atoms with Crippen LogP contribution < -0.4 is 5.32 Å². The Morgan fingerprint density at radius 1 is 1.62 bits per heavy atom. The molecule has 0 aromatic rings. The normalized spacial score (nSPS) is 24.6. The van der Waals surface area contributed by atoms with E-state index in [0.717, 1.165) is 6.42 Å². The lowest BCUT2D eigenvalue weighted by Gasteiger charge is -2.13. The summed E-state index contributed by atoms with van der Waals surface area (Å²) in [5, 5.41) is 11.4. The summed E-state index contributed by atoms with van der Waals surface area (Å²) in [6.45, 7) is 1.90. The first-order valence-electron chi connectivity index (χ1n) is 5.39. The molecule has 1 N–H and O–H groups in total. The summed E-state index contributed by atoms with van der Waals surface area (Å²) in [7, 11) is -2.98. The van der Waals surface area contributed by atoms with Gasteiger partial charge in [0, 0.05) is 6.04 Å². The molecule has 2 unspecified atom stereocenters. The Bertz CT molecular complexity index is 397. The van der Waals surface area contributed by atoms with E-state index in [2.05, 4.69) is 5.32 Å². The molecule has 5 nitrogen and oxygen atoms in total. The van der Waals surface area contributed by atoms with Crippen molar-refractivity contribution in [2.75, 3.05) is 11.5 Å². The topological polar surface area (TPSA) is 87.0 Å². The molecule has 0 radical (unpaired) electrons. The largest absolute Gasteiger partial charge is 0.351 e. The first-order chi connectivity index (χ1) is 7.48. The number of nitriles is 1. The molecular formula is C10H16N2O3S. The number of hydrogen-bond donors (Lipinski definition) is 1. The summed E-state index contributed by atoms with van der Waals surface area (Å²) in [5.41, 5.74) is 0. The third kappa shape index (κ3) is 3.49. The van der Waals surface area contributed by atoms with Crippen molar-refractivity contribution in [1.82, 2.24) is 5.32 Å². The third-order valence-corrected chi connectivity index (χ3v) is 4.40.